The summed E-state index contributed by atoms with van der Waals surface area (Å²) in [4.78, 5) is 2.37. The lowest BCUT2D eigenvalue weighted by Gasteiger charge is -2.26. The lowest BCUT2D eigenvalue weighted by atomic mass is 9.93. The third-order valence-corrected chi connectivity index (χ3v) is 12.6. The zero-order chi connectivity index (χ0) is 39.0. The second-order valence-electron chi connectivity index (χ2n) is 15.0. The van der Waals surface area contributed by atoms with E-state index in [0.29, 0.717) is 0 Å². The molecule has 276 valence electrons. The molecule has 0 saturated carbocycles. The molecule has 2 heteroatoms. The average molecular weight is 760 g/mol. The molecular weight excluding hydrogens is 719 g/mol. The molecule has 0 aliphatic rings. The van der Waals surface area contributed by atoms with Gasteiger partial charge in [-0.25, -0.2) is 0 Å². The van der Waals surface area contributed by atoms with Gasteiger partial charge in [0.2, 0.25) is 0 Å². The van der Waals surface area contributed by atoms with Crippen LogP contribution in [0.3, 0.4) is 0 Å². The zero-order valence-corrected chi connectivity index (χ0v) is 33.4. The molecule has 58 heavy (non-hydrogen) atoms. The molecule has 0 aliphatic carbocycles. The molecule has 10 aromatic rings. The molecule has 0 N–H and O–H groups in total. The number of benzene rings is 9. The first-order valence-corrected chi connectivity index (χ1v) is 20.7. The van der Waals surface area contributed by atoms with E-state index in [-0.39, 0.29) is 0 Å². The van der Waals surface area contributed by atoms with Gasteiger partial charge in [0.25, 0.3) is 0 Å². The minimum absolute atomic E-state index is 1.10. The SMILES string of the molecule is Cc1ccccc1-c1cc(-c2ccc(N(c3ccc(-c4cccc(-c5ccccc5)c4)cc3)c3ccc(-c4cccc5c4sc4ccccc45)cc3)cc2)ccc1C. The predicted molar refractivity (Wildman–Crippen MR) is 251 cm³/mol. The summed E-state index contributed by atoms with van der Waals surface area (Å²) in [5, 5.41) is 2.64. The van der Waals surface area contributed by atoms with Crippen molar-refractivity contribution in [3.63, 3.8) is 0 Å². The number of hydrogen-bond acceptors (Lipinski definition) is 2. The maximum atomic E-state index is 2.37. The molecule has 10 rings (SSSR count). The highest BCUT2D eigenvalue weighted by atomic mass is 32.1. The van der Waals surface area contributed by atoms with E-state index >= 15 is 0 Å². The van der Waals surface area contributed by atoms with Crippen LogP contribution in [-0.2, 0) is 0 Å². The van der Waals surface area contributed by atoms with E-state index in [1.54, 1.807) is 0 Å². The van der Waals surface area contributed by atoms with Crippen molar-refractivity contribution in [2.75, 3.05) is 4.90 Å². The van der Waals surface area contributed by atoms with E-state index in [2.05, 4.69) is 231 Å². The van der Waals surface area contributed by atoms with Crippen LogP contribution in [0.5, 0.6) is 0 Å². The van der Waals surface area contributed by atoms with Crippen LogP contribution < -0.4 is 4.90 Å². The normalized spacial score (nSPS) is 11.3. The number of nitrogens with zero attached hydrogens (tertiary/aromatic N) is 1. The van der Waals surface area contributed by atoms with Crippen LogP contribution in [0.25, 0.3) is 75.8 Å². The molecule has 0 fully saturated rings. The smallest absolute Gasteiger partial charge is 0.0462 e. The van der Waals surface area contributed by atoms with E-state index in [0.717, 1.165) is 17.1 Å². The number of anilines is 3. The first-order valence-electron chi connectivity index (χ1n) is 19.9. The minimum atomic E-state index is 1.10. The summed E-state index contributed by atoms with van der Waals surface area (Å²) in [6.45, 7) is 4.39. The van der Waals surface area contributed by atoms with Crippen molar-refractivity contribution in [1.82, 2.24) is 0 Å². The minimum Gasteiger partial charge on any atom is -0.311 e. The third-order valence-electron chi connectivity index (χ3n) is 11.4. The fourth-order valence-corrected chi connectivity index (χ4v) is 9.53. The van der Waals surface area contributed by atoms with Crippen LogP contribution in [0.2, 0.25) is 0 Å². The number of hydrogen-bond donors (Lipinski definition) is 0. The van der Waals surface area contributed by atoms with Crippen molar-refractivity contribution in [1.29, 1.82) is 0 Å². The van der Waals surface area contributed by atoms with Crippen molar-refractivity contribution in [2.24, 2.45) is 0 Å². The van der Waals surface area contributed by atoms with Crippen LogP contribution in [0.1, 0.15) is 11.1 Å². The molecule has 0 unspecified atom stereocenters. The first-order chi connectivity index (χ1) is 28.6. The number of fused-ring (bicyclic) bond motifs is 3. The summed E-state index contributed by atoms with van der Waals surface area (Å²) in [7, 11) is 0. The Morgan fingerprint density at radius 1 is 0.310 bits per heavy atom. The van der Waals surface area contributed by atoms with Crippen LogP contribution >= 0.6 is 11.3 Å². The van der Waals surface area contributed by atoms with Gasteiger partial charge >= 0.3 is 0 Å². The van der Waals surface area contributed by atoms with Gasteiger partial charge in [-0.15, -0.1) is 11.3 Å². The lowest BCUT2D eigenvalue weighted by Crippen LogP contribution is -2.09. The largest absolute Gasteiger partial charge is 0.311 e. The Kier molecular flexibility index (Phi) is 9.25. The standard InChI is InChI=1S/C56H41NS/c1-38-12-6-7-17-50(38)54-37-46(23-22-39(54)2)42-26-32-48(33-27-42)57(47-30-24-41(25-31-47)45-16-10-15-44(36-45)40-13-4-3-5-14-40)49-34-28-43(29-35-49)51-19-11-20-53-52-18-8-9-21-55(52)58-56(51)53/h3-37H,1-2H3. The van der Waals surface area contributed by atoms with Crippen LogP contribution in [0.15, 0.2) is 212 Å². The number of thiophene rings is 1. The maximum absolute atomic E-state index is 2.37. The highest BCUT2D eigenvalue weighted by molar-refractivity contribution is 7.26. The fourth-order valence-electron chi connectivity index (χ4n) is 8.29. The van der Waals surface area contributed by atoms with Gasteiger partial charge in [0.1, 0.15) is 0 Å². The lowest BCUT2D eigenvalue weighted by molar-refractivity contribution is 1.28. The Morgan fingerprint density at radius 3 is 1.45 bits per heavy atom. The summed E-state index contributed by atoms with van der Waals surface area (Å²) in [6.07, 6.45) is 0. The first kappa shape index (κ1) is 35.4. The van der Waals surface area contributed by atoms with E-state index in [9.17, 15) is 0 Å². The summed E-state index contributed by atoms with van der Waals surface area (Å²) in [6, 6.07) is 77.4. The number of rotatable bonds is 8. The van der Waals surface area contributed by atoms with Gasteiger partial charge in [-0.2, -0.15) is 0 Å². The summed E-state index contributed by atoms with van der Waals surface area (Å²) in [5.74, 6) is 0. The Balaban J connectivity index is 1.03. The summed E-state index contributed by atoms with van der Waals surface area (Å²) in [5.41, 5.74) is 18.2. The number of aryl methyl sites for hydroxylation is 2. The van der Waals surface area contributed by atoms with Gasteiger partial charge in [0.15, 0.2) is 0 Å². The molecule has 0 aliphatic heterocycles. The Labute approximate surface area is 344 Å². The Bertz CT molecular complexity index is 3050. The Morgan fingerprint density at radius 2 is 0.776 bits per heavy atom. The van der Waals surface area contributed by atoms with Crippen molar-refractivity contribution in [3.05, 3.63) is 223 Å². The molecule has 0 bridgehead atoms. The van der Waals surface area contributed by atoms with E-state index < -0.39 is 0 Å². The molecule has 0 atom stereocenters. The second-order valence-corrected chi connectivity index (χ2v) is 16.1. The molecule has 0 amide bonds. The van der Waals surface area contributed by atoms with E-state index in [1.807, 2.05) is 11.3 Å². The highest BCUT2D eigenvalue weighted by Gasteiger charge is 2.16. The highest BCUT2D eigenvalue weighted by Crippen LogP contribution is 2.42. The molecule has 0 radical (unpaired) electrons. The van der Waals surface area contributed by atoms with E-state index in [1.165, 1.54) is 86.9 Å². The zero-order valence-electron chi connectivity index (χ0n) is 32.6. The van der Waals surface area contributed by atoms with Gasteiger partial charge in [-0.05, 0) is 135 Å². The second kappa shape index (κ2) is 15.2. The van der Waals surface area contributed by atoms with Crippen molar-refractivity contribution >= 4 is 48.6 Å². The summed E-state index contributed by atoms with van der Waals surface area (Å²) < 4.78 is 2.65. The molecule has 1 aromatic heterocycles. The van der Waals surface area contributed by atoms with Crippen molar-refractivity contribution < 1.29 is 0 Å². The molecule has 0 spiro atoms. The molecule has 1 nitrogen and oxygen atoms in total. The predicted octanol–water partition coefficient (Wildman–Crippen LogP) is 16.5. The van der Waals surface area contributed by atoms with E-state index in [4.69, 9.17) is 0 Å². The Hall–Kier alpha value is -7.00. The third kappa shape index (κ3) is 6.68. The van der Waals surface area contributed by atoms with Crippen LogP contribution in [0.4, 0.5) is 17.1 Å². The quantitative estimate of drug-likeness (QED) is 0.149. The molecular formula is C56H41NS. The monoisotopic (exact) mass is 759 g/mol. The van der Waals surface area contributed by atoms with Gasteiger partial charge < -0.3 is 4.90 Å². The summed E-state index contributed by atoms with van der Waals surface area (Å²) >= 11 is 1.88. The van der Waals surface area contributed by atoms with Crippen LogP contribution in [0, 0.1) is 13.8 Å². The molecule has 9 aromatic carbocycles. The average Bonchev–Trinajstić information content (AvgIpc) is 3.67. The van der Waals surface area contributed by atoms with Crippen LogP contribution in [-0.4, -0.2) is 0 Å². The van der Waals surface area contributed by atoms with Gasteiger partial charge in [-0.3, -0.25) is 0 Å². The fraction of sp³-hybridized carbons (Fsp3) is 0.0357. The van der Waals surface area contributed by atoms with Gasteiger partial charge in [-0.1, -0.05) is 158 Å². The van der Waals surface area contributed by atoms with Gasteiger partial charge in [0, 0.05) is 37.2 Å². The van der Waals surface area contributed by atoms with Gasteiger partial charge in [0.05, 0.1) is 0 Å². The molecule has 0 saturated heterocycles. The molecule has 1 heterocycles. The maximum Gasteiger partial charge on any atom is 0.0462 e. The van der Waals surface area contributed by atoms with Crippen molar-refractivity contribution in [2.45, 2.75) is 13.8 Å². The topological polar surface area (TPSA) is 3.24 Å². The van der Waals surface area contributed by atoms with Crippen molar-refractivity contribution in [3.8, 4) is 55.6 Å².